The maximum atomic E-state index is 11.5. The maximum absolute atomic E-state index is 11.5. The summed E-state index contributed by atoms with van der Waals surface area (Å²) in [5.41, 5.74) is 0. The molecule has 1 unspecified atom stereocenters. The highest BCUT2D eigenvalue weighted by molar-refractivity contribution is 5.82. The molecule has 0 radical (unpaired) electrons. The lowest BCUT2D eigenvalue weighted by atomic mass is 10.2. The lowest BCUT2D eigenvalue weighted by Gasteiger charge is -2.15. The third-order valence-electron chi connectivity index (χ3n) is 2.11. The molecule has 0 saturated heterocycles. The summed E-state index contributed by atoms with van der Waals surface area (Å²) in [4.78, 5) is 22.1. The predicted molar refractivity (Wildman–Crippen MR) is 56.0 cm³/mol. The fraction of sp³-hybridized carbons (Fsp3) is 0.625. The van der Waals surface area contributed by atoms with E-state index in [0.29, 0.717) is 12.2 Å². The molecule has 0 aromatic carbocycles. The molecule has 0 spiro atoms. The van der Waals surface area contributed by atoms with Gasteiger partial charge >= 0.3 is 12.0 Å². The van der Waals surface area contributed by atoms with Gasteiger partial charge in [0.05, 0.1) is 6.04 Å². The van der Waals surface area contributed by atoms with Gasteiger partial charge in [-0.1, -0.05) is 12.1 Å². The molecular formula is C8H14N6O3. The third kappa shape index (κ3) is 3.70. The van der Waals surface area contributed by atoms with E-state index in [0.717, 1.165) is 0 Å². The van der Waals surface area contributed by atoms with Gasteiger partial charge in [-0.05, 0) is 13.3 Å². The van der Waals surface area contributed by atoms with Crippen LogP contribution >= 0.6 is 0 Å². The van der Waals surface area contributed by atoms with Crippen LogP contribution in [0.2, 0.25) is 0 Å². The predicted octanol–water partition coefficient (Wildman–Crippen LogP) is -0.577. The van der Waals surface area contributed by atoms with E-state index < -0.39 is 24.1 Å². The molecule has 2 atom stereocenters. The summed E-state index contributed by atoms with van der Waals surface area (Å²) in [6.45, 7) is 3.33. The topological polar surface area (TPSA) is 133 Å². The van der Waals surface area contributed by atoms with Crippen molar-refractivity contribution in [3.8, 4) is 0 Å². The summed E-state index contributed by atoms with van der Waals surface area (Å²) >= 11 is 0. The first-order chi connectivity index (χ1) is 8.04. The van der Waals surface area contributed by atoms with Gasteiger partial charge in [0.25, 0.3) is 0 Å². The number of carbonyl (C=O) groups is 2. The highest BCUT2D eigenvalue weighted by atomic mass is 16.4. The number of nitrogens with one attached hydrogen (secondary N) is 3. The number of H-pyrrole nitrogens is 1. The first kappa shape index (κ1) is 12.9. The minimum absolute atomic E-state index is 0.305. The molecule has 2 amide bonds. The van der Waals surface area contributed by atoms with Gasteiger partial charge in [0.1, 0.15) is 6.04 Å². The van der Waals surface area contributed by atoms with Crippen LogP contribution in [0.3, 0.4) is 0 Å². The summed E-state index contributed by atoms with van der Waals surface area (Å²) in [6.07, 6.45) is 0.305. The van der Waals surface area contributed by atoms with Crippen LogP contribution in [0.15, 0.2) is 0 Å². The van der Waals surface area contributed by atoms with Gasteiger partial charge in [0, 0.05) is 0 Å². The van der Waals surface area contributed by atoms with Crippen LogP contribution in [0.1, 0.15) is 32.1 Å². The summed E-state index contributed by atoms with van der Waals surface area (Å²) < 4.78 is 0. The molecular weight excluding hydrogens is 228 g/mol. The largest absolute Gasteiger partial charge is 0.480 e. The molecule has 9 nitrogen and oxygen atoms in total. The smallest absolute Gasteiger partial charge is 0.326 e. The fourth-order valence-corrected chi connectivity index (χ4v) is 1.15. The van der Waals surface area contributed by atoms with Crippen molar-refractivity contribution in [3.05, 3.63) is 5.82 Å². The molecule has 4 N–H and O–H groups in total. The zero-order valence-corrected chi connectivity index (χ0v) is 9.47. The van der Waals surface area contributed by atoms with Crippen LogP contribution in [-0.4, -0.2) is 43.8 Å². The van der Waals surface area contributed by atoms with Crippen molar-refractivity contribution >= 4 is 12.0 Å². The zero-order chi connectivity index (χ0) is 12.8. The van der Waals surface area contributed by atoms with E-state index in [-0.39, 0.29) is 0 Å². The molecule has 0 bridgehead atoms. The molecule has 1 rings (SSSR count). The Bertz CT molecular complexity index is 379. The first-order valence-electron chi connectivity index (χ1n) is 5.07. The second-order valence-corrected chi connectivity index (χ2v) is 3.41. The van der Waals surface area contributed by atoms with E-state index in [1.165, 1.54) is 0 Å². The lowest BCUT2D eigenvalue weighted by molar-refractivity contribution is -0.139. The second kappa shape index (κ2) is 5.77. The van der Waals surface area contributed by atoms with Crippen LogP contribution in [0.4, 0.5) is 4.79 Å². The normalized spacial score (nSPS) is 13.8. The second-order valence-electron chi connectivity index (χ2n) is 3.41. The van der Waals surface area contributed by atoms with Crippen LogP contribution in [0, 0.1) is 0 Å². The van der Waals surface area contributed by atoms with E-state index >= 15 is 0 Å². The molecule has 0 saturated carbocycles. The summed E-state index contributed by atoms with van der Waals surface area (Å²) in [5.74, 6) is -0.751. The quantitative estimate of drug-likeness (QED) is 0.546. The number of amides is 2. The molecule has 0 aliphatic carbocycles. The van der Waals surface area contributed by atoms with Gasteiger partial charge in [-0.15, -0.1) is 10.2 Å². The van der Waals surface area contributed by atoms with E-state index in [4.69, 9.17) is 5.11 Å². The van der Waals surface area contributed by atoms with Gasteiger partial charge in [-0.25, -0.2) is 9.59 Å². The summed E-state index contributed by atoms with van der Waals surface area (Å²) in [6, 6.07) is -1.95. The number of hydrogen-bond acceptors (Lipinski definition) is 5. The number of carbonyl (C=O) groups excluding carboxylic acids is 1. The first-order valence-corrected chi connectivity index (χ1v) is 5.07. The van der Waals surface area contributed by atoms with Crippen LogP contribution in [-0.2, 0) is 4.79 Å². The number of aromatic amines is 1. The third-order valence-corrected chi connectivity index (χ3v) is 2.11. The Morgan fingerprint density at radius 3 is 2.65 bits per heavy atom. The Kier molecular flexibility index (Phi) is 4.37. The average molecular weight is 242 g/mol. The Balaban J connectivity index is 2.47. The van der Waals surface area contributed by atoms with Crippen LogP contribution < -0.4 is 10.6 Å². The summed E-state index contributed by atoms with van der Waals surface area (Å²) in [7, 11) is 0. The number of carboxylic acids is 1. The molecule has 9 heteroatoms. The van der Waals surface area contributed by atoms with E-state index in [9.17, 15) is 9.59 Å². The molecule has 0 aliphatic heterocycles. The van der Waals surface area contributed by atoms with Crippen LogP contribution in [0.25, 0.3) is 0 Å². The van der Waals surface area contributed by atoms with Gasteiger partial charge < -0.3 is 15.7 Å². The Labute approximate surface area is 97.0 Å². The minimum Gasteiger partial charge on any atom is -0.480 e. The maximum Gasteiger partial charge on any atom is 0.326 e. The molecule has 1 heterocycles. The molecule has 0 aliphatic rings. The standard InChI is InChI=1S/C8H14N6O3/c1-3-5(7(15)16)10-8(17)9-4(2)6-11-13-14-12-6/h4-5H,3H2,1-2H3,(H,15,16)(H2,9,10,17)(H,11,12,13,14)/t4?,5-/m1/s1. The average Bonchev–Trinajstić information content (AvgIpc) is 2.78. The molecule has 94 valence electrons. The van der Waals surface area contributed by atoms with Gasteiger partial charge in [-0.2, -0.15) is 5.21 Å². The lowest BCUT2D eigenvalue weighted by Crippen LogP contribution is -2.46. The van der Waals surface area contributed by atoms with Crippen molar-refractivity contribution in [2.45, 2.75) is 32.4 Å². The zero-order valence-electron chi connectivity index (χ0n) is 9.47. The molecule has 17 heavy (non-hydrogen) atoms. The number of rotatable bonds is 5. The van der Waals surface area contributed by atoms with Gasteiger partial charge in [0.2, 0.25) is 0 Å². The van der Waals surface area contributed by atoms with Crippen molar-refractivity contribution < 1.29 is 14.7 Å². The Morgan fingerprint density at radius 1 is 1.47 bits per heavy atom. The number of tetrazole rings is 1. The van der Waals surface area contributed by atoms with Gasteiger partial charge in [-0.3, -0.25) is 0 Å². The van der Waals surface area contributed by atoms with Crippen molar-refractivity contribution in [3.63, 3.8) is 0 Å². The fourth-order valence-electron chi connectivity index (χ4n) is 1.15. The van der Waals surface area contributed by atoms with Gasteiger partial charge in [0.15, 0.2) is 5.82 Å². The minimum atomic E-state index is -1.07. The highest BCUT2D eigenvalue weighted by Gasteiger charge is 2.19. The van der Waals surface area contributed by atoms with Crippen molar-refractivity contribution in [1.29, 1.82) is 0 Å². The Hall–Kier alpha value is -2.19. The SMILES string of the molecule is CC[C@@H](NC(=O)NC(C)c1nn[nH]n1)C(=O)O. The van der Waals surface area contributed by atoms with Crippen molar-refractivity contribution in [2.24, 2.45) is 0 Å². The molecule has 0 fully saturated rings. The molecule has 1 aromatic rings. The summed E-state index contributed by atoms with van der Waals surface area (Å²) in [5, 5.41) is 26.6. The van der Waals surface area contributed by atoms with Crippen molar-refractivity contribution in [1.82, 2.24) is 31.3 Å². The number of urea groups is 1. The number of hydrogen-bond donors (Lipinski definition) is 4. The number of carboxylic acid groups (broad SMARTS) is 1. The van der Waals surface area contributed by atoms with E-state index in [1.807, 2.05) is 0 Å². The number of aliphatic carboxylic acids is 1. The van der Waals surface area contributed by atoms with Crippen LogP contribution in [0.5, 0.6) is 0 Å². The van der Waals surface area contributed by atoms with Crippen molar-refractivity contribution in [2.75, 3.05) is 0 Å². The monoisotopic (exact) mass is 242 g/mol. The van der Waals surface area contributed by atoms with E-state index in [2.05, 4.69) is 31.3 Å². The molecule has 1 aromatic heterocycles. The number of aromatic nitrogens is 4. The van der Waals surface area contributed by atoms with E-state index in [1.54, 1.807) is 13.8 Å². The Morgan fingerprint density at radius 2 is 2.18 bits per heavy atom. The highest BCUT2D eigenvalue weighted by Crippen LogP contribution is 2.02. The number of nitrogens with zero attached hydrogens (tertiary/aromatic N) is 3.